The fourth-order valence-corrected chi connectivity index (χ4v) is 6.17. The average molecular weight is 567 g/mol. The Morgan fingerprint density at radius 1 is 1.13 bits per heavy atom. The van der Waals surface area contributed by atoms with Crippen LogP contribution in [0.25, 0.3) is 5.65 Å². The lowest BCUT2D eigenvalue weighted by molar-refractivity contribution is -0.138. The molecule has 0 unspecified atom stereocenters. The van der Waals surface area contributed by atoms with Crippen LogP contribution in [0.5, 0.6) is 0 Å². The van der Waals surface area contributed by atoms with Crippen LogP contribution < -0.4 is 10.6 Å². The fraction of sp³-hybridized carbons (Fsp3) is 0.480. The number of hydrogen-bond acceptors (Lipinski definition) is 8. The van der Waals surface area contributed by atoms with Gasteiger partial charge in [0.1, 0.15) is 0 Å². The molecular formula is C25H29F3N6O4S. The van der Waals surface area contributed by atoms with Crippen LogP contribution in [-0.4, -0.2) is 84.7 Å². The summed E-state index contributed by atoms with van der Waals surface area (Å²) < 4.78 is 71.5. The third-order valence-corrected chi connectivity index (χ3v) is 8.84. The molecule has 3 aromatic rings. The van der Waals surface area contributed by atoms with Crippen molar-refractivity contribution in [2.45, 2.75) is 25.9 Å². The molecule has 0 radical (unpaired) electrons. The quantitative estimate of drug-likeness (QED) is 0.497. The first-order chi connectivity index (χ1) is 18.4. The van der Waals surface area contributed by atoms with Crippen molar-refractivity contribution in [1.82, 2.24) is 19.5 Å². The van der Waals surface area contributed by atoms with Crippen LogP contribution in [0.4, 0.5) is 24.7 Å². The molecule has 2 aliphatic heterocycles. The molecule has 2 aliphatic rings. The Morgan fingerprint density at radius 3 is 2.49 bits per heavy atom. The number of benzene rings is 1. The number of anilines is 2. The number of imidazole rings is 1. The van der Waals surface area contributed by atoms with Gasteiger partial charge in [-0.1, -0.05) is 12.1 Å². The van der Waals surface area contributed by atoms with Crippen LogP contribution in [-0.2, 0) is 38.4 Å². The van der Waals surface area contributed by atoms with E-state index in [1.165, 1.54) is 22.4 Å². The molecule has 0 spiro atoms. The lowest BCUT2D eigenvalue weighted by atomic mass is 9.97. The van der Waals surface area contributed by atoms with E-state index in [0.29, 0.717) is 60.4 Å². The molecule has 0 saturated carbocycles. The van der Waals surface area contributed by atoms with Gasteiger partial charge in [-0.3, -0.25) is 4.79 Å². The zero-order valence-corrected chi connectivity index (χ0v) is 22.2. The van der Waals surface area contributed by atoms with Gasteiger partial charge in [0, 0.05) is 38.7 Å². The van der Waals surface area contributed by atoms with E-state index in [9.17, 15) is 26.4 Å². The predicted molar refractivity (Wildman–Crippen MR) is 138 cm³/mol. The summed E-state index contributed by atoms with van der Waals surface area (Å²) in [4.78, 5) is 21.2. The Balaban J connectivity index is 1.57. The Kier molecular flexibility index (Phi) is 7.18. The summed E-state index contributed by atoms with van der Waals surface area (Å²) in [5.74, 6) is 0.0268. The Hall–Kier alpha value is -3.39. The number of nitrogen functional groups attached to an aromatic ring is 1. The molecule has 14 heteroatoms. The molecule has 10 nitrogen and oxygen atoms in total. The van der Waals surface area contributed by atoms with Crippen molar-refractivity contribution in [3.63, 3.8) is 0 Å². The zero-order chi connectivity index (χ0) is 27.9. The SMILES string of the molecule is Cc1c(Cc2c(CC(=O)N3CCS(=O)(=O)CC3)nc3c(N)cc(N4CCOCC4)nn23)cccc1C(F)(F)F. The second-order valence-corrected chi connectivity index (χ2v) is 12.1. The number of halogens is 3. The molecule has 39 heavy (non-hydrogen) atoms. The monoisotopic (exact) mass is 566 g/mol. The van der Waals surface area contributed by atoms with E-state index in [1.54, 1.807) is 12.1 Å². The Morgan fingerprint density at radius 2 is 1.82 bits per heavy atom. The molecule has 2 fully saturated rings. The predicted octanol–water partition coefficient (Wildman–Crippen LogP) is 1.87. The normalized spacial score (nSPS) is 18.1. The van der Waals surface area contributed by atoms with Crippen LogP contribution in [0.2, 0.25) is 0 Å². The lowest BCUT2D eigenvalue weighted by Crippen LogP contribution is -2.44. The van der Waals surface area contributed by atoms with Crippen molar-refractivity contribution in [2.24, 2.45) is 0 Å². The van der Waals surface area contributed by atoms with E-state index in [1.807, 2.05) is 4.90 Å². The summed E-state index contributed by atoms with van der Waals surface area (Å²) in [5.41, 5.74) is 7.53. The van der Waals surface area contributed by atoms with E-state index in [2.05, 4.69) is 4.98 Å². The van der Waals surface area contributed by atoms with Crippen molar-refractivity contribution >= 4 is 32.9 Å². The molecular weight excluding hydrogens is 537 g/mol. The number of sulfone groups is 1. The maximum Gasteiger partial charge on any atom is 0.416 e. The minimum absolute atomic E-state index is 0.0346. The second kappa shape index (κ2) is 10.3. The summed E-state index contributed by atoms with van der Waals surface area (Å²) >= 11 is 0. The van der Waals surface area contributed by atoms with Crippen LogP contribution in [0, 0.1) is 6.92 Å². The number of nitrogens with zero attached hydrogens (tertiary/aromatic N) is 5. The van der Waals surface area contributed by atoms with E-state index < -0.39 is 21.6 Å². The summed E-state index contributed by atoms with van der Waals surface area (Å²) in [6, 6.07) is 5.69. The van der Waals surface area contributed by atoms with E-state index >= 15 is 0 Å². The van der Waals surface area contributed by atoms with Gasteiger partial charge in [-0.25, -0.2) is 17.9 Å². The van der Waals surface area contributed by atoms with Gasteiger partial charge in [-0.05, 0) is 24.1 Å². The highest BCUT2D eigenvalue weighted by Gasteiger charge is 2.33. The molecule has 5 rings (SSSR count). The first-order valence-electron chi connectivity index (χ1n) is 12.6. The fourth-order valence-electron chi connectivity index (χ4n) is 4.96. The van der Waals surface area contributed by atoms with Crippen molar-refractivity contribution in [1.29, 1.82) is 0 Å². The molecule has 210 valence electrons. The minimum atomic E-state index is -4.51. The van der Waals surface area contributed by atoms with Crippen LogP contribution in [0.3, 0.4) is 0 Å². The summed E-state index contributed by atoms with van der Waals surface area (Å²) in [6.45, 7) is 3.81. The third-order valence-electron chi connectivity index (χ3n) is 7.24. The highest BCUT2D eigenvalue weighted by Crippen LogP contribution is 2.34. The first kappa shape index (κ1) is 27.2. The van der Waals surface area contributed by atoms with E-state index in [0.717, 1.165) is 6.07 Å². The maximum absolute atomic E-state index is 13.6. The average Bonchev–Trinajstić information content (AvgIpc) is 3.22. The molecule has 2 saturated heterocycles. The van der Waals surface area contributed by atoms with Crippen LogP contribution >= 0.6 is 0 Å². The number of carbonyl (C=O) groups excluding carboxylic acids is 1. The van der Waals surface area contributed by atoms with Gasteiger partial charge in [0.15, 0.2) is 21.3 Å². The Labute approximate surface area is 223 Å². The molecule has 2 aromatic heterocycles. The molecule has 0 atom stereocenters. The van der Waals surface area contributed by atoms with Gasteiger partial charge in [0.2, 0.25) is 5.91 Å². The highest BCUT2D eigenvalue weighted by molar-refractivity contribution is 7.91. The molecule has 0 bridgehead atoms. The number of amides is 1. The Bertz CT molecular complexity index is 1500. The number of carbonyl (C=O) groups is 1. The summed E-state index contributed by atoms with van der Waals surface area (Å²) in [5, 5.41) is 4.73. The standard InChI is InChI=1S/C25H29F3N6O4S/c1-16-17(3-2-4-18(16)25(26,27)28)13-21-20(15-23(35)33-7-11-39(36,37)12-8-33)30-24-19(29)14-22(31-34(21)24)32-5-9-38-10-6-32/h2-4,14H,5-13,15,29H2,1H3. The van der Waals surface area contributed by atoms with Crippen molar-refractivity contribution in [2.75, 3.05) is 61.5 Å². The van der Waals surface area contributed by atoms with Gasteiger partial charge in [0.05, 0.1) is 53.8 Å². The van der Waals surface area contributed by atoms with Gasteiger partial charge >= 0.3 is 6.18 Å². The molecule has 0 aliphatic carbocycles. The second-order valence-electron chi connectivity index (χ2n) is 9.77. The number of morpholine rings is 1. The molecule has 4 heterocycles. The molecule has 2 N–H and O–H groups in total. The largest absolute Gasteiger partial charge is 0.416 e. The molecule has 1 amide bonds. The van der Waals surface area contributed by atoms with Gasteiger partial charge in [0.25, 0.3) is 0 Å². The van der Waals surface area contributed by atoms with Crippen molar-refractivity contribution in [3.05, 3.63) is 52.3 Å². The number of rotatable bonds is 5. The van der Waals surface area contributed by atoms with Gasteiger partial charge in [-0.15, -0.1) is 5.10 Å². The van der Waals surface area contributed by atoms with Gasteiger partial charge in [-0.2, -0.15) is 13.2 Å². The van der Waals surface area contributed by atoms with E-state index in [-0.39, 0.29) is 48.9 Å². The zero-order valence-electron chi connectivity index (χ0n) is 21.4. The molecule has 1 aromatic carbocycles. The third kappa shape index (κ3) is 5.66. The number of alkyl halides is 3. The maximum atomic E-state index is 13.6. The number of nitrogens with two attached hydrogens (primary N) is 1. The van der Waals surface area contributed by atoms with Crippen molar-refractivity contribution < 1.29 is 31.1 Å². The van der Waals surface area contributed by atoms with Crippen molar-refractivity contribution in [3.8, 4) is 0 Å². The van der Waals surface area contributed by atoms with Crippen LogP contribution in [0.1, 0.15) is 28.1 Å². The summed E-state index contributed by atoms with van der Waals surface area (Å²) in [7, 11) is -3.18. The minimum Gasteiger partial charge on any atom is -0.396 e. The van der Waals surface area contributed by atoms with E-state index in [4.69, 9.17) is 15.6 Å². The number of aromatic nitrogens is 3. The lowest BCUT2D eigenvalue weighted by Gasteiger charge is -2.28. The topological polar surface area (TPSA) is 123 Å². The summed E-state index contributed by atoms with van der Waals surface area (Å²) in [6.07, 6.45) is -4.64. The highest BCUT2D eigenvalue weighted by atomic mass is 32.2. The van der Waals surface area contributed by atoms with Crippen LogP contribution in [0.15, 0.2) is 24.3 Å². The number of fused-ring (bicyclic) bond motifs is 1. The number of ether oxygens (including phenoxy) is 1. The number of hydrogen-bond donors (Lipinski definition) is 1. The van der Waals surface area contributed by atoms with Gasteiger partial charge < -0.3 is 20.3 Å². The first-order valence-corrected chi connectivity index (χ1v) is 14.4. The smallest absolute Gasteiger partial charge is 0.396 e.